The second-order valence-electron chi connectivity index (χ2n) is 7.36. The molecule has 0 bridgehead atoms. The molecule has 0 aliphatic rings. The van der Waals surface area contributed by atoms with Crippen molar-refractivity contribution in [1.82, 2.24) is 10.6 Å². The monoisotopic (exact) mass is 505 g/mol. The number of hydrogen-bond donors (Lipinski definition) is 3. The van der Waals surface area contributed by atoms with Crippen molar-refractivity contribution in [1.29, 1.82) is 0 Å². The Morgan fingerprint density at radius 3 is 2.54 bits per heavy atom. The Hall–Kier alpha value is -0.860. The lowest BCUT2D eigenvalue weighted by Crippen LogP contribution is -2.38. The summed E-state index contributed by atoms with van der Waals surface area (Å²) >= 11 is 0. The van der Waals surface area contributed by atoms with E-state index in [0.29, 0.717) is 11.8 Å². The van der Waals surface area contributed by atoms with Crippen molar-refractivity contribution in [2.75, 3.05) is 39.5 Å². The van der Waals surface area contributed by atoms with Gasteiger partial charge in [0.1, 0.15) is 0 Å². The first-order valence-corrected chi connectivity index (χ1v) is 10.4. The van der Waals surface area contributed by atoms with Crippen LogP contribution in [0.25, 0.3) is 0 Å². The highest BCUT2D eigenvalue weighted by atomic mass is 127. The number of aliphatic imine (C=N–C) groups is 1. The molecule has 0 aromatic heterocycles. The first-order chi connectivity index (χ1) is 13.2. The third-order valence-corrected chi connectivity index (χ3v) is 4.33. The van der Waals surface area contributed by atoms with Gasteiger partial charge in [0, 0.05) is 32.8 Å². The van der Waals surface area contributed by atoms with Crippen LogP contribution in [0.3, 0.4) is 0 Å². The molecule has 0 saturated carbocycles. The van der Waals surface area contributed by atoms with Gasteiger partial charge in [-0.1, -0.05) is 44.2 Å². The summed E-state index contributed by atoms with van der Waals surface area (Å²) in [5.74, 6) is 1.92. The van der Waals surface area contributed by atoms with Crippen LogP contribution in [0.2, 0.25) is 0 Å². The predicted octanol–water partition coefficient (Wildman–Crippen LogP) is 3.85. The molecule has 28 heavy (non-hydrogen) atoms. The molecular weight excluding hydrogens is 465 g/mol. The van der Waals surface area contributed by atoms with E-state index in [2.05, 4.69) is 55.7 Å². The van der Waals surface area contributed by atoms with Crippen molar-refractivity contribution in [3.8, 4) is 0 Å². The van der Waals surface area contributed by atoms with Gasteiger partial charge in [-0.2, -0.15) is 0 Å². The summed E-state index contributed by atoms with van der Waals surface area (Å²) in [5, 5.41) is 15.9. The van der Waals surface area contributed by atoms with E-state index in [4.69, 9.17) is 9.73 Å². The van der Waals surface area contributed by atoms with E-state index in [-0.39, 0.29) is 30.6 Å². The van der Waals surface area contributed by atoms with E-state index < -0.39 is 0 Å². The van der Waals surface area contributed by atoms with Gasteiger partial charge in [0.25, 0.3) is 0 Å². The SMILES string of the molecule is CCNC(=NCC(CCO)CC(C)C)NCCCOCCc1ccccc1.I. The summed E-state index contributed by atoms with van der Waals surface area (Å²) in [6.45, 7) is 10.7. The van der Waals surface area contributed by atoms with Crippen LogP contribution in [-0.2, 0) is 11.2 Å². The standard InChI is InChI=1S/C22H39N3O2.HI/c1-4-23-22(25-18-21(11-14-26)17-19(2)3)24-13-8-15-27-16-12-20-9-6-5-7-10-20;/h5-7,9-10,19,21,26H,4,8,11-18H2,1-3H3,(H2,23,24,25);1H. The minimum Gasteiger partial charge on any atom is -0.396 e. The number of ether oxygens (including phenoxy) is 1. The summed E-state index contributed by atoms with van der Waals surface area (Å²) in [7, 11) is 0. The van der Waals surface area contributed by atoms with Gasteiger partial charge in [-0.25, -0.2) is 0 Å². The number of hydrogen-bond acceptors (Lipinski definition) is 3. The van der Waals surface area contributed by atoms with Crippen LogP contribution >= 0.6 is 24.0 Å². The molecule has 1 unspecified atom stereocenters. The quantitative estimate of drug-likeness (QED) is 0.156. The second-order valence-corrected chi connectivity index (χ2v) is 7.36. The van der Waals surface area contributed by atoms with E-state index in [9.17, 15) is 5.11 Å². The van der Waals surface area contributed by atoms with Gasteiger partial charge in [0.05, 0.1) is 6.61 Å². The molecule has 0 heterocycles. The lowest BCUT2D eigenvalue weighted by Gasteiger charge is -2.17. The van der Waals surface area contributed by atoms with Crippen molar-refractivity contribution in [2.24, 2.45) is 16.8 Å². The molecule has 162 valence electrons. The number of rotatable bonds is 14. The van der Waals surface area contributed by atoms with Crippen LogP contribution in [0.4, 0.5) is 0 Å². The van der Waals surface area contributed by atoms with E-state index in [1.54, 1.807) is 0 Å². The Labute approximate surface area is 188 Å². The van der Waals surface area contributed by atoms with Gasteiger partial charge in [-0.05, 0) is 50.0 Å². The molecule has 0 aliphatic heterocycles. The summed E-state index contributed by atoms with van der Waals surface area (Å²) in [4.78, 5) is 4.70. The second kappa shape index (κ2) is 18.2. The Kier molecular flexibility index (Phi) is 17.6. The summed E-state index contributed by atoms with van der Waals surface area (Å²) in [6, 6.07) is 10.4. The topological polar surface area (TPSA) is 65.9 Å². The largest absolute Gasteiger partial charge is 0.396 e. The first kappa shape index (κ1) is 27.1. The van der Waals surface area contributed by atoms with Crippen LogP contribution in [-0.4, -0.2) is 50.5 Å². The maximum Gasteiger partial charge on any atom is 0.191 e. The summed E-state index contributed by atoms with van der Waals surface area (Å²) in [5.41, 5.74) is 1.32. The molecule has 1 aromatic rings. The van der Waals surface area contributed by atoms with Gasteiger partial charge in [-0.15, -0.1) is 24.0 Å². The van der Waals surface area contributed by atoms with Crippen LogP contribution in [0, 0.1) is 11.8 Å². The highest BCUT2D eigenvalue weighted by Crippen LogP contribution is 2.15. The zero-order chi connectivity index (χ0) is 19.7. The van der Waals surface area contributed by atoms with Gasteiger partial charge in [0.2, 0.25) is 0 Å². The highest BCUT2D eigenvalue weighted by molar-refractivity contribution is 14.0. The maximum absolute atomic E-state index is 9.24. The van der Waals surface area contributed by atoms with Crippen LogP contribution in [0.5, 0.6) is 0 Å². The highest BCUT2D eigenvalue weighted by Gasteiger charge is 2.10. The van der Waals surface area contributed by atoms with Crippen molar-refractivity contribution in [3.05, 3.63) is 35.9 Å². The minimum absolute atomic E-state index is 0. The number of guanidine groups is 1. The lowest BCUT2D eigenvalue weighted by atomic mass is 9.94. The average Bonchev–Trinajstić information content (AvgIpc) is 2.65. The van der Waals surface area contributed by atoms with Crippen molar-refractivity contribution < 1.29 is 9.84 Å². The number of nitrogens with zero attached hydrogens (tertiary/aromatic N) is 1. The molecule has 1 atom stereocenters. The summed E-state index contributed by atoms with van der Waals surface area (Å²) in [6.07, 6.45) is 3.82. The first-order valence-electron chi connectivity index (χ1n) is 10.4. The molecule has 1 rings (SSSR count). The third-order valence-electron chi connectivity index (χ3n) is 4.33. The molecule has 5 nitrogen and oxygen atoms in total. The Morgan fingerprint density at radius 1 is 1.14 bits per heavy atom. The summed E-state index contributed by atoms with van der Waals surface area (Å²) < 4.78 is 5.73. The fourth-order valence-corrected chi connectivity index (χ4v) is 3.01. The molecule has 6 heteroatoms. The molecule has 1 aromatic carbocycles. The predicted molar refractivity (Wildman–Crippen MR) is 130 cm³/mol. The van der Waals surface area contributed by atoms with Gasteiger partial charge in [0.15, 0.2) is 5.96 Å². The molecule has 0 spiro atoms. The molecular formula is C22H40IN3O2. The van der Waals surface area contributed by atoms with Crippen LogP contribution in [0.1, 0.15) is 45.6 Å². The third kappa shape index (κ3) is 14.2. The van der Waals surface area contributed by atoms with Gasteiger partial charge in [-0.3, -0.25) is 4.99 Å². The Morgan fingerprint density at radius 2 is 1.89 bits per heavy atom. The average molecular weight is 505 g/mol. The lowest BCUT2D eigenvalue weighted by molar-refractivity contribution is 0.135. The maximum atomic E-state index is 9.24. The normalized spacial score (nSPS) is 12.5. The smallest absolute Gasteiger partial charge is 0.191 e. The minimum atomic E-state index is 0. The Balaban J connectivity index is 0.00000729. The fourth-order valence-electron chi connectivity index (χ4n) is 3.01. The van der Waals surface area contributed by atoms with Gasteiger partial charge < -0.3 is 20.5 Å². The van der Waals surface area contributed by atoms with Gasteiger partial charge >= 0.3 is 0 Å². The molecule has 0 saturated heterocycles. The molecule has 3 N–H and O–H groups in total. The molecule has 0 radical (unpaired) electrons. The number of benzene rings is 1. The molecule has 0 fully saturated rings. The zero-order valence-corrected chi connectivity index (χ0v) is 20.2. The van der Waals surface area contributed by atoms with Crippen molar-refractivity contribution in [2.45, 2.75) is 46.5 Å². The number of aliphatic hydroxyl groups is 1. The van der Waals surface area contributed by atoms with Crippen molar-refractivity contribution >= 4 is 29.9 Å². The molecule has 0 amide bonds. The van der Waals surface area contributed by atoms with E-state index in [0.717, 1.165) is 64.5 Å². The fraction of sp³-hybridized carbons (Fsp3) is 0.682. The molecule has 0 aliphatic carbocycles. The van der Waals surface area contributed by atoms with E-state index >= 15 is 0 Å². The number of nitrogens with one attached hydrogen (secondary N) is 2. The van der Waals surface area contributed by atoms with E-state index in [1.807, 2.05) is 6.07 Å². The zero-order valence-electron chi connectivity index (χ0n) is 17.8. The van der Waals surface area contributed by atoms with Crippen molar-refractivity contribution in [3.63, 3.8) is 0 Å². The Bertz CT molecular complexity index is 498. The number of halogens is 1. The van der Waals surface area contributed by atoms with Crippen LogP contribution < -0.4 is 10.6 Å². The van der Waals surface area contributed by atoms with Crippen LogP contribution in [0.15, 0.2) is 35.3 Å². The van der Waals surface area contributed by atoms with E-state index in [1.165, 1.54) is 5.56 Å². The number of aliphatic hydroxyl groups excluding tert-OH is 1.